The van der Waals surface area contributed by atoms with E-state index in [-0.39, 0.29) is 42.5 Å². The number of carbonyl (C=O) groups excluding carboxylic acids is 3. The van der Waals surface area contributed by atoms with Gasteiger partial charge in [0.05, 0.1) is 12.6 Å². The van der Waals surface area contributed by atoms with E-state index in [1.165, 1.54) is 29.3 Å². The lowest BCUT2D eigenvalue weighted by molar-refractivity contribution is -0.138. The molecule has 2 amide bonds. The minimum Gasteiger partial charge on any atom is -0.508 e. The van der Waals surface area contributed by atoms with Gasteiger partial charge in [0.25, 0.3) is 10.0 Å². The number of likely N-dealkylation sites (tertiary alicyclic amines) is 1. The zero-order valence-electron chi connectivity index (χ0n) is 22.7. The number of phenolic OH excluding ortho intramolecular Hbond substituents is 1. The van der Waals surface area contributed by atoms with Crippen LogP contribution in [0.3, 0.4) is 0 Å². The summed E-state index contributed by atoms with van der Waals surface area (Å²) in [6, 6.07) is 16.4. The molecule has 6 rings (SSSR count). The van der Waals surface area contributed by atoms with Crippen LogP contribution < -0.4 is 10.1 Å². The van der Waals surface area contributed by atoms with Gasteiger partial charge in [0, 0.05) is 30.7 Å². The first-order valence-corrected chi connectivity index (χ1v) is 15.0. The number of hydrogen-bond acceptors (Lipinski definition) is 9. The van der Waals surface area contributed by atoms with Crippen molar-refractivity contribution in [1.29, 1.82) is 0 Å². The SMILES string of the molecule is O=C(NC(Cc1ccc(O)cc1)C(=O)N1CCC2C1C(=O)CN2S(=O)(=O)c1ccccn1)Oc1cccc2cccnc12. The first kappa shape index (κ1) is 28.2. The number of pyridine rings is 2. The number of aromatic nitrogens is 2. The number of nitrogens with one attached hydrogen (secondary N) is 1. The Hall–Kier alpha value is -4.88. The van der Waals surface area contributed by atoms with Crippen molar-refractivity contribution in [3.05, 3.63) is 90.8 Å². The normalized spacial score (nSPS) is 19.3. The highest BCUT2D eigenvalue weighted by Gasteiger charge is 2.54. The molecule has 2 fully saturated rings. The number of nitrogens with zero attached hydrogens (tertiary/aromatic N) is 4. The van der Waals surface area contributed by atoms with Gasteiger partial charge in [0.1, 0.15) is 23.3 Å². The Balaban J connectivity index is 1.25. The molecule has 0 aliphatic carbocycles. The number of para-hydroxylation sites is 1. The number of benzene rings is 2. The summed E-state index contributed by atoms with van der Waals surface area (Å²) in [4.78, 5) is 49.9. The predicted molar refractivity (Wildman–Crippen MR) is 154 cm³/mol. The lowest BCUT2D eigenvalue weighted by Crippen LogP contribution is -2.53. The van der Waals surface area contributed by atoms with Crippen molar-refractivity contribution in [2.45, 2.75) is 36.0 Å². The summed E-state index contributed by atoms with van der Waals surface area (Å²) in [5, 5.41) is 12.9. The molecule has 0 spiro atoms. The van der Waals surface area contributed by atoms with Crippen molar-refractivity contribution in [2.75, 3.05) is 13.1 Å². The Morgan fingerprint density at radius 2 is 1.77 bits per heavy atom. The summed E-state index contributed by atoms with van der Waals surface area (Å²) in [5.74, 6) is -0.730. The van der Waals surface area contributed by atoms with Crippen molar-refractivity contribution in [1.82, 2.24) is 24.5 Å². The summed E-state index contributed by atoms with van der Waals surface area (Å²) in [7, 11) is -4.08. The molecule has 4 aromatic rings. The van der Waals surface area contributed by atoms with Crippen molar-refractivity contribution in [2.24, 2.45) is 0 Å². The fourth-order valence-corrected chi connectivity index (χ4v) is 7.22. The van der Waals surface area contributed by atoms with Gasteiger partial charge < -0.3 is 20.1 Å². The first-order chi connectivity index (χ1) is 20.7. The van der Waals surface area contributed by atoms with Crippen LogP contribution >= 0.6 is 0 Å². The molecular weight excluding hydrogens is 574 g/mol. The third kappa shape index (κ3) is 5.51. The third-order valence-electron chi connectivity index (χ3n) is 7.64. The molecular formula is C30H27N5O7S. The lowest BCUT2D eigenvalue weighted by atomic mass is 10.0. The molecule has 2 saturated heterocycles. The Labute approximate surface area is 247 Å². The maximum absolute atomic E-state index is 14.0. The van der Waals surface area contributed by atoms with Gasteiger partial charge in [0.15, 0.2) is 16.6 Å². The van der Waals surface area contributed by atoms with Crippen LogP contribution in [0.1, 0.15) is 12.0 Å². The quantitative estimate of drug-likeness (QED) is 0.324. The molecule has 3 atom stereocenters. The van der Waals surface area contributed by atoms with Gasteiger partial charge >= 0.3 is 6.09 Å². The van der Waals surface area contributed by atoms with Crippen molar-refractivity contribution in [3.8, 4) is 11.5 Å². The fraction of sp³-hybridized carbons (Fsp3) is 0.233. The zero-order chi connectivity index (χ0) is 30.1. The smallest absolute Gasteiger partial charge is 0.413 e. The first-order valence-electron chi connectivity index (χ1n) is 13.6. The largest absolute Gasteiger partial charge is 0.508 e. The Bertz CT molecular complexity index is 1800. The molecule has 2 N–H and O–H groups in total. The minimum absolute atomic E-state index is 0.0278. The molecule has 2 aliphatic rings. The number of rotatable bonds is 7. The average Bonchev–Trinajstić information content (AvgIpc) is 3.59. The summed E-state index contributed by atoms with van der Waals surface area (Å²) >= 11 is 0. The molecule has 12 nitrogen and oxygen atoms in total. The van der Waals surface area contributed by atoms with E-state index in [4.69, 9.17) is 4.74 Å². The van der Waals surface area contributed by atoms with E-state index in [1.807, 2.05) is 12.1 Å². The molecule has 3 unspecified atom stereocenters. The second-order valence-electron chi connectivity index (χ2n) is 10.3. The number of aromatic hydroxyl groups is 1. The second kappa shape index (κ2) is 11.4. The van der Waals surface area contributed by atoms with E-state index in [0.717, 1.165) is 9.69 Å². The topological polar surface area (TPSA) is 159 Å². The van der Waals surface area contributed by atoms with Gasteiger partial charge in [-0.1, -0.05) is 36.4 Å². The standard InChI is InChI=1S/C30H27N5O7S/c36-21-11-9-19(10-12-21)17-22(33-30(39)42-25-7-3-5-20-6-4-15-32-27(20)25)29(38)34-16-13-23-28(34)24(37)18-35(23)43(40,41)26-8-1-2-14-31-26/h1-12,14-15,22-23,28,36H,13,16-18H2,(H,33,39). The fourth-order valence-electron chi connectivity index (χ4n) is 5.66. The van der Waals surface area contributed by atoms with Gasteiger partial charge in [-0.3, -0.25) is 14.6 Å². The van der Waals surface area contributed by atoms with E-state index in [9.17, 15) is 27.9 Å². The van der Waals surface area contributed by atoms with Crippen LogP contribution in [0.2, 0.25) is 0 Å². The molecule has 0 bridgehead atoms. The summed E-state index contributed by atoms with van der Waals surface area (Å²) in [6.45, 7) is -0.269. The molecule has 0 radical (unpaired) electrons. The number of phenols is 1. The van der Waals surface area contributed by atoms with Crippen LogP contribution in [0.25, 0.3) is 10.9 Å². The number of sulfonamides is 1. The van der Waals surface area contributed by atoms with E-state index < -0.39 is 45.9 Å². The highest BCUT2D eigenvalue weighted by atomic mass is 32.2. The number of Topliss-reactive ketones (excluding diaryl/α,β-unsaturated/α-hetero) is 1. The molecule has 43 heavy (non-hydrogen) atoms. The molecule has 220 valence electrons. The highest BCUT2D eigenvalue weighted by molar-refractivity contribution is 7.89. The summed E-state index contributed by atoms with van der Waals surface area (Å²) in [6.07, 6.45) is 2.30. The Morgan fingerprint density at radius 3 is 2.53 bits per heavy atom. The maximum Gasteiger partial charge on any atom is 0.413 e. The maximum atomic E-state index is 14.0. The molecule has 4 heterocycles. The number of hydrogen-bond donors (Lipinski definition) is 2. The van der Waals surface area contributed by atoms with Crippen molar-refractivity contribution in [3.63, 3.8) is 0 Å². The minimum atomic E-state index is -4.08. The number of fused-ring (bicyclic) bond motifs is 2. The van der Waals surface area contributed by atoms with Gasteiger partial charge in [-0.25, -0.2) is 18.2 Å². The molecule has 2 aromatic carbocycles. The Morgan fingerprint density at radius 1 is 1.00 bits per heavy atom. The lowest BCUT2D eigenvalue weighted by Gasteiger charge is -2.28. The van der Waals surface area contributed by atoms with Crippen LogP contribution in [0.15, 0.2) is 90.2 Å². The van der Waals surface area contributed by atoms with E-state index in [1.54, 1.807) is 48.7 Å². The zero-order valence-corrected chi connectivity index (χ0v) is 23.6. The van der Waals surface area contributed by atoms with Gasteiger partial charge in [-0.2, -0.15) is 4.31 Å². The van der Waals surface area contributed by atoms with Crippen LogP contribution in [0.5, 0.6) is 11.5 Å². The van der Waals surface area contributed by atoms with Gasteiger partial charge in [-0.15, -0.1) is 0 Å². The van der Waals surface area contributed by atoms with Crippen molar-refractivity contribution >= 4 is 38.7 Å². The third-order valence-corrected chi connectivity index (χ3v) is 9.42. The highest BCUT2D eigenvalue weighted by Crippen LogP contribution is 2.34. The van der Waals surface area contributed by atoms with Gasteiger partial charge in [-0.05, 0) is 48.4 Å². The monoisotopic (exact) mass is 601 g/mol. The molecule has 2 aliphatic heterocycles. The average molecular weight is 602 g/mol. The van der Waals surface area contributed by atoms with Crippen LogP contribution in [-0.4, -0.2) is 81.7 Å². The Kier molecular flexibility index (Phi) is 7.50. The number of amides is 2. The van der Waals surface area contributed by atoms with Crippen LogP contribution in [-0.2, 0) is 26.0 Å². The number of ether oxygens (including phenoxy) is 1. The summed E-state index contributed by atoms with van der Waals surface area (Å²) < 4.78 is 33.3. The molecule has 2 aromatic heterocycles. The van der Waals surface area contributed by atoms with E-state index in [0.29, 0.717) is 11.1 Å². The predicted octanol–water partition coefficient (Wildman–Crippen LogP) is 2.28. The van der Waals surface area contributed by atoms with E-state index in [2.05, 4.69) is 15.3 Å². The summed E-state index contributed by atoms with van der Waals surface area (Å²) in [5.41, 5.74) is 1.10. The van der Waals surface area contributed by atoms with E-state index >= 15 is 0 Å². The van der Waals surface area contributed by atoms with Crippen molar-refractivity contribution < 1.29 is 32.6 Å². The van der Waals surface area contributed by atoms with Crippen LogP contribution in [0.4, 0.5) is 4.79 Å². The van der Waals surface area contributed by atoms with Crippen LogP contribution in [0, 0.1) is 0 Å². The number of ketones is 1. The molecule has 0 saturated carbocycles. The number of carbonyl (C=O) groups is 3. The second-order valence-corrected chi connectivity index (χ2v) is 12.1. The van der Waals surface area contributed by atoms with Gasteiger partial charge in [0.2, 0.25) is 5.91 Å². The molecule has 13 heteroatoms.